The molecule has 1 aromatic carbocycles. The van der Waals surface area contributed by atoms with Gasteiger partial charge in [0.2, 0.25) is 0 Å². The molecule has 1 fully saturated rings. The van der Waals surface area contributed by atoms with Gasteiger partial charge in [0.25, 0.3) is 0 Å². The Morgan fingerprint density at radius 2 is 1.91 bits per heavy atom. The minimum absolute atomic E-state index is 0.0199. The third-order valence-corrected chi connectivity index (χ3v) is 4.58. The van der Waals surface area contributed by atoms with Gasteiger partial charge in [0, 0.05) is 18.7 Å². The van der Waals surface area contributed by atoms with Crippen LogP contribution < -0.4 is 5.32 Å². The van der Waals surface area contributed by atoms with E-state index in [0.29, 0.717) is 6.42 Å². The third-order valence-electron chi connectivity index (χ3n) is 4.58. The molecule has 0 bridgehead atoms. The molecule has 2 N–H and O–H groups in total. The average molecular weight is 304 g/mol. The van der Waals surface area contributed by atoms with Crippen LogP contribution in [0.2, 0.25) is 0 Å². The van der Waals surface area contributed by atoms with E-state index in [-0.39, 0.29) is 30.8 Å². The number of nitrogens with zero attached hydrogens (tertiary/aromatic N) is 1. The van der Waals surface area contributed by atoms with E-state index < -0.39 is 0 Å². The highest BCUT2D eigenvalue weighted by Crippen LogP contribution is 2.24. The Hall–Kier alpha value is -1.55. The maximum Gasteiger partial charge on any atom is 0.318 e. The number of benzene rings is 1. The minimum atomic E-state index is -0.0397. The summed E-state index contributed by atoms with van der Waals surface area (Å²) in [5, 5.41) is 12.3. The highest BCUT2D eigenvalue weighted by atomic mass is 16.3. The summed E-state index contributed by atoms with van der Waals surface area (Å²) in [6, 6.07) is 10.6. The molecule has 1 aromatic rings. The lowest BCUT2D eigenvalue weighted by atomic mass is 9.97. The van der Waals surface area contributed by atoms with E-state index in [2.05, 4.69) is 19.2 Å². The zero-order valence-corrected chi connectivity index (χ0v) is 13.7. The summed E-state index contributed by atoms with van der Waals surface area (Å²) in [6.07, 6.45) is 4.78. The first-order chi connectivity index (χ1) is 10.6. The fourth-order valence-corrected chi connectivity index (χ4v) is 3.35. The molecule has 1 saturated heterocycles. The molecule has 4 heteroatoms. The van der Waals surface area contributed by atoms with Crippen molar-refractivity contribution in [3.8, 4) is 0 Å². The van der Waals surface area contributed by atoms with Gasteiger partial charge in [-0.05, 0) is 51.5 Å². The molecule has 22 heavy (non-hydrogen) atoms. The first-order valence-corrected chi connectivity index (χ1v) is 8.38. The van der Waals surface area contributed by atoms with Crippen LogP contribution in [0.15, 0.2) is 30.3 Å². The highest BCUT2D eigenvalue weighted by molar-refractivity contribution is 5.75. The Balaban J connectivity index is 2.07. The van der Waals surface area contributed by atoms with E-state index >= 15 is 0 Å². The number of hydrogen-bond donors (Lipinski definition) is 2. The summed E-state index contributed by atoms with van der Waals surface area (Å²) in [5.41, 5.74) is 1.10. The van der Waals surface area contributed by atoms with Gasteiger partial charge in [0.1, 0.15) is 0 Å². The van der Waals surface area contributed by atoms with Gasteiger partial charge in [-0.15, -0.1) is 0 Å². The number of urea groups is 1. The maximum atomic E-state index is 12.7. The topological polar surface area (TPSA) is 52.6 Å². The van der Waals surface area contributed by atoms with Crippen LogP contribution in [-0.2, 0) is 0 Å². The molecule has 0 spiro atoms. The molecule has 1 aliphatic heterocycles. The zero-order valence-electron chi connectivity index (χ0n) is 13.7. The number of carbonyl (C=O) groups excluding carboxylic acids is 1. The summed E-state index contributed by atoms with van der Waals surface area (Å²) in [7, 11) is 0. The second-order valence-corrected chi connectivity index (χ2v) is 6.31. The van der Waals surface area contributed by atoms with Crippen LogP contribution >= 0.6 is 0 Å². The number of rotatable bonds is 5. The fourth-order valence-electron chi connectivity index (χ4n) is 3.35. The molecular weight excluding hydrogens is 276 g/mol. The van der Waals surface area contributed by atoms with Crippen LogP contribution in [-0.4, -0.2) is 34.7 Å². The molecule has 1 aliphatic rings. The minimum Gasteiger partial charge on any atom is -0.396 e. The quantitative estimate of drug-likeness (QED) is 0.875. The van der Waals surface area contributed by atoms with Crippen molar-refractivity contribution in [3.63, 3.8) is 0 Å². The number of aliphatic hydroxyl groups excluding tert-OH is 1. The summed E-state index contributed by atoms with van der Waals surface area (Å²) in [4.78, 5) is 14.7. The Morgan fingerprint density at radius 1 is 1.27 bits per heavy atom. The third kappa shape index (κ3) is 4.23. The highest BCUT2D eigenvalue weighted by Gasteiger charge is 2.30. The van der Waals surface area contributed by atoms with Crippen molar-refractivity contribution in [1.29, 1.82) is 0 Å². The van der Waals surface area contributed by atoms with Crippen molar-refractivity contribution in [3.05, 3.63) is 35.9 Å². The van der Waals surface area contributed by atoms with Gasteiger partial charge in [-0.25, -0.2) is 4.79 Å². The van der Waals surface area contributed by atoms with E-state index in [4.69, 9.17) is 5.11 Å². The molecule has 3 unspecified atom stereocenters. The van der Waals surface area contributed by atoms with Gasteiger partial charge >= 0.3 is 6.03 Å². The van der Waals surface area contributed by atoms with Gasteiger partial charge in [0.15, 0.2) is 0 Å². The van der Waals surface area contributed by atoms with Crippen LogP contribution in [0.1, 0.15) is 57.6 Å². The number of piperidine rings is 1. The van der Waals surface area contributed by atoms with Crippen LogP contribution in [0.3, 0.4) is 0 Å². The van der Waals surface area contributed by atoms with E-state index in [0.717, 1.165) is 24.8 Å². The first kappa shape index (κ1) is 16.8. The van der Waals surface area contributed by atoms with Crippen molar-refractivity contribution in [2.45, 2.75) is 64.1 Å². The van der Waals surface area contributed by atoms with Gasteiger partial charge in [-0.2, -0.15) is 0 Å². The Bertz CT molecular complexity index is 453. The predicted molar refractivity (Wildman–Crippen MR) is 88.6 cm³/mol. The van der Waals surface area contributed by atoms with E-state index in [9.17, 15) is 4.79 Å². The largest absolute Gasteiger partial charge is 0.396 e. The second kappa shape index (κ2) is 8.18. The first-order valence-electron chi connectivity index (χ1n) is 8.38. The molecule has 2 amide bonds. The number of likely N-dealkylation sites (tertiary alicyclic amines) is 1. The lowest BCUT2D eigenvalue weighted by molar-refractivity contribution is 0.119. The standard InChI is InChI=1S/C18H28N2O2/c1-14-8-6-9-15(2)20(14)18(22)19-17(12-7-13-21)16-10-4-3-5-11-16/h3-5,10-11,14-15,17,21H,6-9,12-13H2,1-2H3,(H,19,22). The van der Waals surface area contributed by atoms with Crippen LogP contribution in [0.5, 0.6) is 0 Å². The molecule has 0 radical (unpaired) electrons. The van der Waals surface area contributed by atoms with Gasteiger partial charge < -0.3 is 15.3 Å². The molecular formula is C18H28N2O2. The fraction of sp³-hybridized carbons (Fsp3) is 0.611. The van der Waals surface area contributed by atoms with Crippen molar-refractivity contribution in [2.75, 3.05) is 6.61 Å². The Kier molecular flexibility index (Phi) is 6.25. The van der Waals surface area contributed by atoms with Crippen LogP contribution in [0, 0.1) is 0 Å². The zero-order chi connectivity index (χ0) is 15.9. The molecule has 0 aliphatic carbocycles. The molecule has 0 aromatic heterocycles. The number of aliphatic hydroxyl groups is 1. The average Bonchev–Trinajstić information content (AvgIpc) is 2.52. The van der Waals surface area contributed by atoms with E-state index in [1.807, 2.05) is 35.2 Å². The van der Waals surface area contributed by atoms with Crippen LogP contribution in [0.4, 0.5) is 4.79 Å². The van der Waals surface area contributed by atoms with Gasteiger partial charge in [-0.3, -0.25) is 0 Å². The number of carbonyl (C=O) groups is 1. The SMILES string of the molecule is CC1CCCC(C)N1C(=O)NC(CCCO)c1ccccc1. The van der Waals surface area contributed by atoms with Crippen molar-refractivity contribution >= 4 is 6.03 Å². The smallest absolute Gasteiger partial charge is 0.318 e. The van der Waals surface area contributed by atoms with Gasteiger partial charge in [0.05, 0.1) is 6.04 Å². The number of hydrogen-bond acceptors (Lipinski definition) is 2. The molecule has 1 heterocycles. The van der Waals surface area contributed by atoms with E-state index in [1.54, 1.807) is 0 Å². The molecule has 2 rings (SSSR count). The summed E-state index contributed by atoms with van der Waals surface area (Å²) in [5.74, 6) is 0. The number of amides is 2. The lowest BCUT2D eigenvalue weighted by Gasteiger charge is -2.39. The van der Waals surface area contributed by atoms with Gasteiger partial charge in [-0.1, -0.05) is 30.3 Å². The Labute approximate surface area is 133 Å². The summed E-state index contributed by atoms with van der Waals surface area (Å²) in [6.45, 7) is 4.40. The maximum absolute atomic E-state index is 12.7. The van der Waals surface area contributed by atoms with Crippen molar-refractivity contribution < 1.29 is 9.90 Å². The summed E-state index contributed by atoms with van der Waals surface area (Å²) < 4.78 is 0. The number of nitrogens with one attached hydrogen (secondary N) is 1. The Morgan fingerprint density at radius 3 is 2.50 bits per heavy atom. The molecule has 0 saturated carbocycles. The molecule has 122 valence electrons. The lowest BCUT2D eigenvalue weighted by Crippen LogP contribution is -2.52. The summed E-state index contributed by atoms with van der Waals surface area (Å²) >= 11 is 0. The van der Waals surface area contributed by atoms with Crippen molar-refractivity contribution in [1.82, 2.24) is 10.2 Å². The second-order valence-electron chi connectivity index (χ2n) is 6.31. The predicted octanol–water partition coefficient (Wildman–Crippen LogP) is 3.47. The van der Waals surface area contributed by atoms with Crippen LogP contribution in [0.25, 0.3) is 0 Å². The van der Waals surface area contributed by atoms with Crippen molar-refractivity contribution in [2.24, 2.45) is 0 Å². The van der Waals surface area contributed by atoms with E-state index in [1.165, 1.54) is 6.42 Å². The molecule has 4 nitrogen and oxygen atoms in total. The normalized spacial score (nSPS) is 23.1. The monoisotopic (exact) mass is 304 g/mol. The molecule has 3 atom stereocenters.